The molecule has 1 aliphatic heterocycles. The van der Waals surface area contributed by atoms with Crippen molar-refractivity contribution >= 4 is 11.7 Å². The Labute approximate surface area is 113 Å². The third kappa shape index (κ3) is 4.48. The zero-order chi connectivity index (χ0) is 13.5. The Hall–Kier alpha value is -1.68. The van der Waals surface area contributed by atoms with Crippen LogP contribution in [0.3, 0.4) is 0 Å². The smallest absolute Gasteiger partial charge is 0.220 e. The zero-order valence-electron chi connectivity index (χ0n) is 11.0. The van der Waals surface area contributed by atoms with Gasteiger partial charge in [-0.1, -0.05) is 30.3 Å². The van der Waals surface area contributed by atoms with E-state index in [1.807, 2.05) is 18.2 Å². The molecule has 102 valence electrons. The van der Waals surface area contributed by atoms with Gasteiger partial charge in [0.15, 0.2) is 5.78 Å². The van der Waals surface area contributed by atoms with Crippen LogP contribution in [0, 0.1) is 0 Å². The highest BCUT2D eigenvalue weighted by Crippen LogP contribution is 2.06. The molecule has 0 bridgehead atoms. The summed E-state index contributed by atoms with van der Waals surface area (Å²) in [5, 5.41) is 6.20. The number of nitrogens with one attached hydrogen (secondary N) is 2. The van der Waals surface area contributed by atoms with E-state index in [0.717, 1.165) is 13.0 Å². The fourth-order valence-electron chi connectivity index (χ4n) is 2.25. The second kappa shape index (κ2) is 7.04. The molecule has 0 aliphatic carbocycles. The third-order valence-corrected chi connectivity index (χ3v) is 3.38. The Balaban J connectivity index is 1.67. The van der Waals surface area contributed by atoms with Gasteiger partial charge >= 0.3 is 0 Å². The Morgan fingerprint density at radius 1 is 1.21 bits per heavy atom. The van der Waals surface area contributed by atoms with Gasteiger partial charge in [-0.3, -0.25) is 9.59 Å². The zero-order valence-corrected chi connectivity index (χ0v) is 11.0. The van der Waals surface area contributed by atoms with Gasteiger partial charge in [-0.05, 0) is 19.4 Å². The van der Waals surface area contributed by atoms with Crippen LogP contribution in [0.25, 0.3) is 0 Å². The number of carbonyl (C=O) groups is 2. The van der Waals surface area contributed by atoms with Gasteiger partial charge in [-0.25, -0.2) is 0 Å². The Bertz CT molecular complexity index is 425. The number of Topliss-reactive ketones (excluding diaryl/α,β-unsaturated/α-hetero) is 1. The molecule has 1 unspecified atom stereocenters. The number of ketones is 1. The monoisotopic (exact) mass is 260 g/mol. The first-order valence-corrected chi connectivity index (χ1v) is 6.84. The van der Waals surface area contributed by atoms with E-state index in [1.165, 1.54) is 6.42 Å². The van der Waals surface area contributed by atoms with E-state index in [0.29, 0.717) is 18.2 Å². The van der Waals surface area contributed by atoms with E-state index in [2.05, 4.69) is 10.6 Å². The molecule has 1 amide bonds. The highest BCUT2D eigenvalue weighted by Gasteiger charge is 2.15. The average Bonchev–Trinajstić information content (AvgIpc) is 2.96. The van der Waals surface area contributed by atoms with Crippen molar-refractivity contribution in [3.05, 3.63) is 35.9 Å². The second-order valence-electron chi connectivity index (χ2n) is 4.89. The lowest BCUT2D eigenvalue weighted by molar-refractivity contribution is -0.121. The molecule has 2 rings (SSSR count). The summed E-state index contributed by atoms with van der Waals surface area (Å²) in [7, 11) is 0. The SMILES string of the molecule is O=C(CCC(=O)c1ccccc1)NCC1CCCN1. The number of rotatable bonds is 6. The molecule has 1 saturated heterocycles. The molecule has 1 aromatic rings. The summed E-state index contributed by atoms with van der Waals surface area (Å²) in [6, 6.07) is 9.50. The highest BCUT2D eigenvalue weighted by atomic mass is 16.2. The molecule has 0 aromatic heterocycles. The molecule has 1 aromatic carbocycles. The van der Waals surface area contributed by atoms with Crippen LogP contribution in [0.5, 0.6) is 0 Å². The number of hydrogen-bond acceptors (Lipinski definition) is 3. The fourth-order valence-corrected chi connectivity index (χ4v) is 2.25. The van der Waals surface area contributed by atoms with Crippen molar-refractivity contribution < 1.29 is 9.59 Å². The van der Waals surface area contributed by atoms with Gasteiger partial charge in [0.25, 0.3) is 0 Å². The fraction of sp³-hybridized carbons (Fsp3) is 0.467. The van der Waals surface area contributed by atoms with Crippen molar-refractivity contribution in [2.45, 2.75) is 31.7 Å². The first-order valence-electron chi connectivity index (χ1n) is 6.84. The minimum atomic E-state index is -0.0435. The van der Waals surface area contributed by atoms with Gasteiger partial charge in [0.1, 0.15) is 0 Å². The predicted molar refractivity (Wildman–Crippen MR) is 74.0 cm³/mol. The molecule has 0 saturated carbocycles. The van der Waals surface area contributed by atoms with Crippen LogP contribution < -0.4 is 10.6 Å². The molecule has 1 heterocycles. The van der Waals surface area contributed by atoms with Gasteiger partial charge in [0.2, 0.25) is 5.91 Å². The molecule has 1 atom stereocenters. The Morgan fingerprint density at radius 2 is 2.00 bits per heavy atom. The number of hydrogen-bond donors (Lipinski definition) is 2. The molecular formula is C15H20N2O2. The average molecular weight is 260 g/mol. The summed E-state index contributed by atoms with van der Waals surface area (Å²) in [6.07, 6.45) is 2.82. The summed E-state index contributed by atoms with van der Waals surface area (Å²) in [6.45, 7) is 1.70. The van der Waals surface area contributed by atoms with E-state index in [-0.39, 0.29) is 24.5 Å². The highest BCUT2D eigenvalue weighted by molar-refractivity contribution is 5.97. The van der Waals surface area contributed by atoms with E-state index in [9.17, 15) is 9.59 Å². The summed E-state index contributed by atoms with van der Waals surface area (Å²) in [5.41, 5.74) is 0.674. The predicted octanol–water partition coefficient (Wildman–Crippen LogP) is 1.52. The van der Waals surface area contributed by atoms with E-state index < -0.39 is 0 Å². The van der Waals surface area contributed by atoms with Crippen molar-refractivity contribution in [1.29, 1.82) is 0 Å². The minimum absolute atomic E-state index is 0.0229. The first kappa shape index (κ1) is 13.7. The number of carbonyl (C=O) groups excluding carboxylic acids is 2. The maximum absolute atomic E-state index is 11.8. The number of benzene rings is 1. The largest absolute Gasteiger partial charge is 0.355 e. The van der Waals surface area contributed by atoms with Crippen LogP contribution in [0.1, 0.15) is 36.0 Å². The molecule has 19 heavy (non-hydrogen) atoms. The number of amides is 1. The molecule has 1 fully saturated rings. The van der Waals surface area contributed by atoms with E-state index >= 15 is 0 Å². The molecule has 4 nitrogen and oxygen atoms in total. The van der Waals surface area contributed by atoms with Crippen molar-refractivity contribution in [3.63, 3.8) is 0 Å². The van der Waals surface area contributed by atoms with Crippen LogP contribution in [0.4, 0.5) is 0 Å². The molecule has 4 heteroatoms. The lowest BCUT2D eigenvalue weighted by Gasteiger charge is -2.11. The third-order valence-electron chi connectivity index (χ3n) is 3.38. The van der Waals surface area contributed by atoms with Crippen LogP contribution in [-0.4, -0.2) is 30.8 Å². The van der Waals surface area contributed by atoms with Crippen LogP contribution in [0.15, 0.2) is 30.3 Å². The molecular weight excluding hydrogens is 240 g/mol. The van der Waals surface area contributed by atoms with Crippen LogP contribution in [0.2, 0.25) is 0 Å². The normalized spacial score (nSPS) is 18.2. The van der Waals surface area contributed by atoms with Crippen molar-refractivity contribution in [3.8, 4) is 0 Å². The van der Waals surface area contributed by atoms with Crippen LogP contribution in [-0.2, 0) is 4.79 Å². The maximum atomic E-state index is 11.8. The summed E-state index contributed by atoms with van der Waals surface area (Å²) in [5.74, 6) is -0.0206. The quantitative estimate of drug-likeness (QED) is 0.762. The topological polar surface area (TPSA) is 58.2 Å². The van der Waals surface area contributed by atoms with Gasteiger partial charge in [0, 0.05) is 31.0 Å². The van der Waals surface area contributed by atoms with Crippen molar-refractivity contribution in [1.82, 2.24) is 10.6 Å². The first-order chi connectivity index (χ1) is 9.25. The van der Waals surface area contributed by atoms with Gasteiger partial charge in [0.05, 0.1) is 0 Å². The minimum Gasteiger partial charge on any atom is -0.355 e. The van der Waals surface area contributed by atoms with Gasteiger partial charge in [-0.2, -0.15) is 0 Å². The molecule has 0 spiro atoms. The Morgan fingerprint density at radius 3 is 2.68 bits per heavy atom. The van der Waals surface area contributed by atoms with Crippen LogP contribution >= 0.6 is 0 Å². The van der Waals surface area contributed by atoms with E-state index in [1.54, 1.807) is 12.1 Å². The summed E-state index contributed by atoms with van der Waals surface area (Å²) < 4.78 is 0. The summed E-state index contributed by atoms with van der Waals surface area (Å²) in [4.78, 5) is 23.5. The van der Waals surface area contributed by atoms with Gasteiger partial charge in [-0.15, -0.1) is 0 Å². The van der Waals surface area contributed by atoms with Crippen molar-refractivity contribution in [2.75, 3.05) is 13.1 Å². The maximum Gasteiger partial charge on any atom is 0.220 e. The summed E-state index contributed by atoms with van der Waals surface area (Å²) >= 11 is 0. The molecule has 0 radical (unpaired) electrons. The lowest BCUT2D eigenvalue weighted by Crippen LogP contribution is -2.37. The second-order valence-corrected chi connectivity index (χ2v) is 4.89. The molecule has 2 N–H and O–H groups in total. The van der Waals surface area contributed by atoms with Gasteiger partial charge < -0.3 is 10.6 Å². The standard InChI is InChI=1S/C15H20N2O2/c18-14(12-5-2-1-3-6-12)8-9-15(19)17-11-13-7-4-10-16-13/h1-3,5-6,13,16H,4,7-11H2,(H,17,19). The van der Waals surface area contributed by atoms with E-state index in [4.69, 9.17) is 0 Å². The molecule has 1 aliphatic rings. The Kier molecular flexibility index (Phi) is 5.10. The lowest BCUT2D eigenvalue weighted by atomic mass is 10.1. The van der Waals surface area contributed by atoms with Crippen molar-refractivity contribution in [2.24, 2.45) is 0 Å².